The van der Waals surface area contributed by atoms with Crippen LogP contribution in [0.1, 0.15) is 15.9 Å². The molecule has 0 aromatic heterocycles. The average molecular weight is 389 g/mol. The van der Waals surface area contributed by atoms with Gasteiger partial charge in [0.05, 0.1) is 0 Å². The highest BCUT2D eigenvalue weighted by atomic mass is 19.1. The van der Waals surface area contributed by atoms with Gasteiger partial charge in [-0.15, -0.1) is 0 Å². The van der Waals surface area contributed by atoms with Crippen LogP contribution < -0.4 is 10.2 Å². The number of anilines is 2. The van der Waals surface area contributed by atoms with Crippen LogP contribution >= 0.6 is 0 Å². The molecule has 0 aliphatic carbocycles. The molecule has 1 fully saturated rings. The Balaban J connectivity index is 1.29. The molecule has 0 radical (unpaired) electrons. The van der Waals surface area contributed by atoms with E-state index in [0.717, 1.165) is 32.7 Å². The number of benzene rings is 3. The smallest absolute Gasteiger partial charge is 0.255 e. The van der Waals surface area contributed by atoms with E-state index in [1.807, 2.05) is 30.3 Å². The number of carbonyl (C=O) groups excluding carboxylic acids is 1. The van der Waals surface area contributed by atoms with E-state index in [9.17, 15) is 9.18 Å². The van der Waals surface area contributed by atoms with Crippen molar-refractivity contribution in [1.29, 1.82) is 0 Å². The summed E-state index contributed by atoms with van der Waals surface area (Å²) in [5.41, 5.74) is 3.64. The summed E-state index contributed by atoms with van der Waals surface area (Å²) in [6, 6.07) is 24.0. The molecule has 4 nitrogen and oxygen atoms in total. The van der Waals surface area contributed by atoms with Crippen molar-refractivity contribution in [3.63, 3.8) is 0 Å². The fourth-order valence-corrected chi connectivity index (χ4v) is 3.56. The van der Waals surface area contributed by atoms with E-state index < -0.39 is 0 Å². The lowest BCUT2D eigenvalue weighted by atomic mass is 10.1. The molecule has 0 atom stereocenters. The summed E-state index contributed by atoms with van der Waals surface area (Å²) in [5.74, 6) is -0.517. The standard InChI is InChI=1S/C24H24FN3O/c25-21-10-12-22(13-11-21)26-24(29)20-8-6-19(7-9-20)18-27-14-16-28(17-15-27)23-4-2-1-3-5-23/h1-13H,14-18H2,(H,26,29). The number of nitrogens with one attached hydrogen (secondary N) is 1. The summed E-state index contributed by atoms with van der Waals surface area (Å²) >= 11 is 0. The predicted molar refractivity (Wildman–Crippen MR) is 115 cm³/mol. The van der Waals surface area contributed by atoms with E-state index in [4.69, 9.17) is 0 Å². The van der Waals surface area contributed by atoms with Gasteiger partial charge in [-0.05, 0) is 54.1 Å². The van der Waals surface area contributed by atoms with Crippen molar-refractivity contribution in [2.75, 3.05) is 36.4 Å². The van der Waals surface area contributed by atoms with Crippen molar-refractivity contribution in [3.05, 3.63) is 95.8 Å². The van der Waals surface area contributed by atoms with Crippen LogP contribution in [0.2, 0.25) is 0 Å². The molecule has 1 aliphatic rings. The number of piperazine rings is 1. The zero-order valence-electron chi connectivity index (χ0n) is 16.2. The maximum absolute atomic E-state index is 13.0. The number of nitrogens with zero attached hydrogens (tertiary/aromatic N) is 2. The van der Waals surface area contributed by atoms with Gasteiger partial charge in [0.2, 0.25) is 0 Å². The molecule has 0 unspecified atom stereocenters. The first-order chi connectivity index (χ1) is 14.2. The SMILES string of the molecule is O=C(Nc1ccc(F)cc1)c1ccc(CN2CCN(c3ccccc3)CC2)cc1. The molecule has 1 heterocycles. The third-order valence-electron chi connectivity index (χ3n) is 5.22. The van der Waals surface area contributed by atoms with E-state index in [1.54, 1.807) is 12.1 Å². The molecule has 1 amide bonds. The average Bonchev–Trinajstić information content (AvgIpc) is 2.77. The fourth-order valence-electron chi connectivity index (χ4n) is 3.56. The van der Waals surface area contributed by atoms with Crippen LogP contribution in [0, 0.1) is 5.82 Å². The molecule has 1 N–H and O–H groups in total. The summed E-state index contributed by atoms with van der Waals surface area (Å²) in [4.78, 5) is 17.2. The second-order valence-electron chi connectivity index (χ2n) is 7.26. The quantitative estimate of drug-likeness (QED) is 0.703. The second kappa shape index (κ2) is 8.88. The van der Waals surface area contributed by atoms with Gasteiger partial charge in [-0.2, -0.15) is 0 Å². The number of para-hydroxylation sites is 1. The van der Waals surface area contributed by atoms with Crippen molar-refractivity contribution in [2.45, 2.75) is 6.54 Å². The number of hydrogen-bond acceptors (Lipinski definition) is 3. The summed E-state index contributed by atoms with van der Waals surface area (Å²) in [6.07, 6.45) is 0. The van der Waals surface area contributed by atoms with Crippen molar-refractivity contribution in [2.24, 2.45) is 0 Å². The van der Waals surface area contributed by atoms with Crippen molar-refractivity contribution in [3.8, 4) is 0 Å². The Kier molecular flexibility index (Phi) is 5.86. The predicted octanol–water partition coefficient (Wildman–Crippen LogP) is 4.40. The Morgan fingerprint density at radius 2 is 1.48 bits per heavy atom. The van der Waals surface area contributed by atoms with Gasteiger partial charge in [0.15, 0.2) is 0 Å². The lowest BCUT2D eigenvalue weighted by molar-refractivity contribution is 0.102. The molecule has 0 bridgehead atoms. The number of carbonyl (C=O) groups is 1. The van der Waals surface area contributed by atoms with E-state index in [-0.39, 0.29) is 11.7 Å². The largest absolute Gasteiger partial charge is 0.369 e. The lowest BCUT2D eigenvalue weighted by Gasteiger charge is -2.36. The fraction of sp³-hybridized carbons (Fsp3) is 0.208. The molecule has 148 valence electrons. The first-order valence-electron chi connectivity index (χ1n) is 9.85. The number of halogens is 1. The van der Waals surface area contributed by atoms with Crippen LogP contribution in [0.25, 0.3) is 0 Å². The first kappa shape index (κ1) is 19.2. The zero-order chi connectivity index (χ0) is 20.1. The molecule has 1 aliphatic heterocycles. The van der Waals surface area contributed by atoms with Crippen molar-refractivity contribution < 1.29 is 9.18 Å². The first-order valence-corrected chi connectivity index (χ1v) is 9.85. The maximum Gasteiger partial charge on any atom is 0.255 e. The maximum atomic E-state index is 13.0. The summed E-state index contributed by atoms with van der Waals surface area (Å²) in [5, 5.41) is 2.79. The van der Waals surface area contributed by atoms with E-state index in [1.165, 1.54) is 23.4 Å². The topological polar surface area (TPSA) is 35.6 Å². The molecular formula is C24H24FN3O. The molecule has 5 heteroatoms. The van der Waals surface area contributed by atoms with Crippen LogP contribution in [0.4, 0.5) is 15.8 Å². The monoisotopic (exact) mass is 389 g/mol. The van der Waals surface area contributed by atoms with Gasteiger partial charge in [0.1, 0.15) is 5.82 Å². The van der Waals surface area contributed by atoms with Crippen LogP contribution in [0.3, 0.4) is 0 Å². The molecule has 3 aromatic rings. The Labute approximate surface area is 170 Å². The second-order valence-corrected chi connectivity index (χ2v) is 7.26. The van der Waals surface area contributed by atoms with Gasteiger partial charge >= 0.3 is 0 Å². The number of amides is 1. The highest BCUT2D eigenvalue weighted by Gasteiger charge is 2.17. The highest BCUT2D eigenvalue weighted by molar-refractivity contribution is 6.04. The van der Waals surface area contributed by atoms with Crippen LogP contribution in [0.15, 0.2) is 78.9 Å². The molecule has 1 saturated heterocycles. The Morgan fingerprint density at radius 1 is 0.828 bits per heavy atom. The summed E-state index contributed by atoms with van der Waals surface area (Å²) in [6.45, 7) is 4.94. The van der Waals surface area contributed by atoms with Crippen molar-refractivity contribution >= 4 is 17.3 Å². The molecule has 29 heavy (non-hydrogen) atoms. The van der Waals surface area contributed by atoms with Gasteiger partial charge in [0, 0.05) is 49.7 Å². The lowest BCUT2D eigenvalue weighted by Crippen LogP contribution is -2.45. The summed E-state index contributed by atoms with van der Waals surface area (Å²) < 4.78 is 13.0. The Morgan fingerprint density at radius 3 is 2.14 bits per heavy atom. The summed E-state index contributed by atoms with van der Waals surface area (Å²) in [7, 11) is 0. The van der Waals surface area contributed by atoms with Gasteiger partial charge in [-0.3, -0.25) is 9.69 Å². The highest BCUT2D eigenvalue weighted by Crippen LogP contribution is 2.17. The van der Waals surface area contributed by atoms with Gasteiger partial charge in [-0.1, -0.05) is 30.3 Å². The minimum atomic E-state index is -0.322. The normalized spacial score (nSPS) is 14.6. The minimum Gasteiger partial charge on any atom is -0.369 e. The van der Waals surface area contributed by atoms with Crippen LogP contribution in [0.5, 0.6) is 0 Å². The van der Waals surface area contributed by atoms with Crippen molar-refractivity contribution in [1.82, 2.24) is 4.90 Å². The van der Waals surface area contributed by atoms with Gasteiger partial charge in [-0.25, -0.2) is 4.39 Å². The van der Waals surface area contributed by atoms with E-state index in [0.29, 0.717) is 11.3 Å². The third kappa shape index (κ3) is 5.00. The van der Waals surface area contributed by atoms with Crippen LogP contribution in [-0.4, -0.2) is 37.0 Å². The van der Waals surface area contributed by atoms with Gasteiger partial charge < -0.3 is 10.2 Å². The molecular weight excluding hydrogens is 365 g/mol. The van der Waals surface area contributed by atoms with E-state index >= 15 is 0 Å². The van der Waals surface area contributed by atoms with Crippen LogP contribution in [-0.2, 0) is 6.54 Å². The Hall–Kier alpha value is -3.18. The molecule has 3 aromatic carbocycles. The molecule has 0 saturated carbocycles. The van der Waals surface area contributed by atoms with E-state index in [2.05, 4.69) is 39.4 Å². The zero-order valence-corrected chi connectivity index (χ0v) is 16.2. The molecule has 0 spiro atoms. The van der Waals surface area contributed by atoms with Gasteiger partial charge in [0.25, 0.3) is 5.91 Å². The Bertz CT molecular complexity index is 934. The third-order valence-corrected chi connectivity index (χ3v) is 5.22. The number of hydrogen-bond donors (Lipinski definition) is 1. The molecule has 4 rings (SSSR count). The minimum absolute atomic E-state index is 0.195. The number of rotatable bonds is 5.